The number of carbonyl (C=O) groups is 2. The van der Waals surface area contributed by atoms with Crippen LogP contribution in [-0.4, -0.2) is 65.3 Å². The highest BCUT2D eigenvalue weighted by Crippen LogP contribution is 2.16. The average molecular weight is 431 g/mol. The third kappa shape index (κ3) is 4.82. The fraction of sp³-hybridized carbons (Fsp3) is 0.211. The van der Waals surface area contributed by atoms with Crippen molar-refractivity contribution in [2.45, 2.75) is 4.90 Å². The molecule has 3 aromatic rings. The van der Waals surface area contributed by atoms with Crippen molar-refractivity contribution in [1.82, 2.24) is 19.0 Å². The molecule has 1 amide bonds. The molecule has 0 spiro atoms. The number of hydrogen-bond donors (Lipinski definition) is 3. The van der Waals surface area contributed by atoms with Gasteiger partial charge in [-0.3, -0.25) is 4.79 Å². The number of hydrogen-bond acceptors (Lipinski definition) is 6. The van der Waals surface area contributed by atoms with Crippen molar-refractivity contribution in [3.8, 4) is 0 Å². The molecule has 3 heterocycles. The second kappa shape index (κ2) is 9.03. The van der Waals surface area contributed by atoms with E-state index in [1.807, 2.05) is 0 Å². The number of rotatable bonds is 4. The molecular formula is C19H21N5O5S. The number of aromatic nitrogens is 2. The minimum absolute atomic E-state index is 0.189. The van der Waals surface area contributed by atoms with Crippen LogP contribution in [0, 0.1) is 0 Å². The Hall–Kier alpha value is -3.28. The minimum Gasteiger partial charge on any atom is -0.478 e. The number of nitrogens with zero attached hydrogens (tertiary/aromatic N) is 3. The fourth-order valence-corrected chi connectivity index (χ4v) is 4.31. The zero-order chi connectivity index (χ0) is 21.7. The van der Waals surface area contributed by atoms with Crippen LogP contribution in [0.3, 0.4) is 0 Å². The Morgan fingerprint density at radius 3 is 2.27 bits per heavy atom. The second-order valence-electron chi connectivity index (χ2n) is 6.46. The van der Waals surface area contributed by atoms with Crippen LogP contribution in [0.5, 0.6) is 0 Å². The highest BCUT2D eigenvalue weighted by Gasteiger charge is 2.25. The van der Waals surface area contributed by atoms with Gasteiger partial charge in [-0.1, -0.05) is 0 Å². The first-order chi connectivity index (χ1) is 14.3. The van der Waals surface area contributed by atoms with E-state index in [1.54, 1.807) is 22.9 Å². The molecule has 0 aliphatic carbocycles. The molecule has 11 heteroatoms. The summed E-state index contributed by atoms with van der Waals surface area (Å²) in [5.41, 5.74) is 6.42. The third-order valence-corrected chi connectivity index (χ3v) is 6.40. The summed E-state index contributed by atoms with van der Waals surface area (Å²) in [5.74, 6) is -1.49. The van der Waals surface area contributed by atoms with Crippen LogP contribution in [0.4, 0.5) is 0 Å². The topological polar surface area (TPSA) is 147 Å². The summed E-state index contributed by atoms with van der Waals surface area (Å²) in [6.07, 6.45) is 4.87. The number of carboxylic acid groups (broad SMARTS) is 1. The number of nitrogens with one attached hydrogen (secondary N) is 1. The van der Waals surface area contributed by atoms with Gasteiger partial charge in [-0.05, 0) is 36.4 Å². The van der Waals surface area contributed by atoms with Gasteiger partial charge >= 0.3 is 5.97 Å². The molecule has 158 valence electrons. The highest BCUT2D eigenvalue weighted by atomic mass is 32.2. The summed E-state index contributed by atoms with van der Waals surface area (Å²) in [5, 5.41) is 11.7. The summed E-state index contributed by atoms with van der Waals surface area (Å²) in [4.78, 5) is 25.6. The summed E-state index contributed by atoms with van der Waals surface area (Å²) in [7, 11) is -3.46. The van der Waals surface area contributed by atoms with Gasteiger partial charge in [0, 0.05) is 50.3 Å². The smallest absolute Gasteiger partial charge is 0.337 e. The number of aromatic carboxylic acids is 1. The van der Waals surface area contributed by atoms with Crippen LogP contribution in [0.2, 0.25) is 0 Å². The Bertz CT molecular complexity index is 1150. The molecule has 0 unspecified atom stereocenters. The first-order valence-electron chi connectivity index (χ1n) is 9.06. The number of sulfonamides is 1. The lowest BCUT2D eigenvalue weighted by molar-refractivity contribution is 0.0696. The van der Waals surface area contributed by atoms with Crippen molar-refractivity contribution in [3.63, 3.8) is 0 Å². The molecule has 1 fully saturated rings. The van der Waals surface area contributed by atoms with Crippen molar-refractivity contribution in [1.29, 1.82) is 0 Å². The van der Waals surface area contributed by atoms with Crippen molar-refractivity contribution in [2.24, 2.45) is 5.73 Å². The SMILES string of the molecule is NC(=O)c1ccc(S(=O)(=O)N2CCNCC2)cc1.O=C(O)c1ccc2nccn2c1. The highest BCUT2D eigenvalue weighted by molar-refractivity contribution is 7.89. The number of piperazine rings is 1. The molecule has 2 aromatic heterocycles. The maximum atomic E-state index is 12.3. The van der Waals surface area contributed by atoms with E-state index in [4.69, 9.17) is 10.8 Å². The average Bonchev–Trinajstić information content (AvgIpc) is 3.23. The lowest BCUT2D eigenvalue weighted by Crippen LogP contribution is -2.46. The normalized spacial score (nSPS) is 14.7. The zero-order valence-corrected chi connectivity index (χ0v) is 16.7. The number of imidazole rings is 1. The number of fused-ring (bicyclic) bond motifs is 1. The largest absolute Gasteiger partial charge is 0.478 e. The minimum atomic E-state index is -3.46. The number of benzene rings is 1. The van der Waals surface area contributed by atoms with E-state index in [-0.39, 0.29) is 10.5 Å². The predicted molar refractivity (Wildman–Crippen MR) is 109 cm³/mol. The van der Waals surface area contributed by atoms with Crippen LogP contribution >= 0.6 is 0 Å². The number of pyridine rings is 1. The molecule has 1 saturated heterocycles. The van der Waals surface area contributed by atoms with Gasteiger partial charge in [0.2, 0.25) is 15.9 Å². The predicted octanol–water partition coefficient (Wildman–Crippen LogP) is 0.412. The van der Waals surface area contributed by atoms with Gasteiger partial charge in [0.15, 0.2) is 0 Å². The number of nitrogens with two attached hydrogens (primary N) is 1. The van der Waals surface area contributed by atoms with Crippen LogP contribution < -0.4 is 11.1 Å². The molecule has 10 nitrogen and oxygen atoms in total. The van der Waals surface area contributed by atoms with Crippen LogP contribution in [0.15, 0.2) is 59.9 Å². The fourth-order valence-electron chi connectivity index (χ4n) is 2.87. The molecule has 30 heavy (non-hydrogen) atoms. The molecule has 4 rings (SSSR count). The van der Waals surface area contributed by atoms with Crippen molar-refractivity contribution >= 4 is 27.5 Å². The number of amides is 1. The van der Waals surface area contributed by atoms with E-state index in [2.05, 4.69) is 10.3 Å². The lowest BCUT2D eigenvalue weighted by Gasteiger charge is -2.26. The van der Waals surface area contributed by atoms with Gasteiger partial charge in [-0.25, -0.2) is 18.2 Å². The molecule has 0 saturated carbocycles. The first kappa shape index (κ1) is 21.4. The van der Waals surface area contributed by atoms with E-state index in [0.717, 1.165) is 5.65 Å². The summed E-state index contributed by atoms with van der Waals surface area (Å²) >= 11 is 0. The second-order valence-corrected chi connectivity index (χ2v) is 8.40. The van der Waals surface area contributed by atoms with E-state index < -0.39 is 21.9 Å². The zero-order valence-electron chi connectivity index (χ0n) is 15.9. The van der Waals surface area contributed by atoms with Gasteiger partial charge in [0.05, 0.1) is 10.5 Å². The van der Waals surface area contributed by atoms with Crippen molar-refractivity contribution in [2.75, 3.05) is 26.2 Å². The molecule has 0 bridgehead atoms. The van der Waals surface area contributed by atoms with Crippen molar-refractivity contribution in [3.05, 3.63) is 66.1 Å². The molecular weight excluding hydrogens is 410 g/mol. The standard InChI is InChI=1S/C11H15N3O3S.C8H6N2O2/c12-11(15)9-1-3-10(4-2-9)18(16,17)14-7-5-13-6-8-14;11-8(12)6-1-2-7-9-3-4-10(7)5-6/h1-4,13H,5-8H2,(H2,12,15);1-5H,(H,11,12). The van der Waals surface area contributed by atoms with E-state index >= 15 is 0 Å². The van der Waals surface area contributed by atoms with E-state index in [9.17, 15) is 18.0 Å². The number of primary amides is 1. The van der Waals surface area contributed by atoms with Crippen LogP contribution in [-0.2, 0) is 10.0 Å². The quantitative estimate of drug-likeness (QED) is 0.542. The number of carboxylic acids is 1. The molecule has 4 N–H and O–H groups in total. The van der Waals surface area contributed by atoms with E-state index in [0.29, 0.717) is 31.7 Å². The van der Waals surface area contributed by atoms with Crippen LogP contribution in [0.25, 0.3) is 5.65 Å². The maximum Gasteiger partial charge on any atom is 0.337 e. The van der Waals surface area contributed by atoms with Gasteiger partial charge in [0.1, 0.15) is 5.65 Å². The molecule has 0 radical (unpaired) electrons. The van der Waals surface area contributed by atoms with E-state index in [1.165, 1.54) is 40.8 Å². The summed E-state index contributed by atoms with van der Waals surface area (Å²) in [6.45, 7) is 2.22. The third-order valence-electron chi connectivity index (χ3n) is 4.49. The molecule has 1 aliphatic heterocycles. The maximum absolute atomic E-state index is 12.3. The van der Waals surface area contributed by atoms with Crippen molar-refractivity contribution < 1.29 is 23.1 Å². The molecule has 1 aliphatic rings. The Labute approximate surface area is 173 Å². The first-order valence-corrected chi connectivity index (χ1v) is 10.5. The number of carbonyl (C=O) groups excluding carboxylic acids is 1. The molecule has 0 atom stereocenters. The Kier molecular flexibility index (Phi) is 6.45. The monoisotopic (exact) mass is 431 g/mol. The Morgan fingerprint density at radius 2 is 1.67 bits per heavy atom. The summed E-state index contributed by atoms with van der Waals surface area (Å²) < 4.78 is 27.6. The molecule has 1 aromatic carbocycles. The van der Waals surface area contributed by atoms with Gasteiger partial charge in [0.25, 0.3) is 0 Å². The Morgan fingerprint density at radius 1 is 1.03 bits per heavy atom. The van der Waals surface area contributed by atoms with Crippen LogP contribution in [0.1, 0.15) is 20.7 Å². The van der Waals surface area contributed by atoms with Gasteiger partial charge < -0.3 is 20.6 Å². The van der Waals surface area contributed by atoms with Gasteiger partial charge in [-0.2, -0.15) is 4.31 Å². The summed E-state index contributed by atoms with van der Waals surface area (Å²) in [6, 6.07) is 8.89. The Balaban J connectivity index is 0.000000184. The van der Waals surface area contributed by atoms with Gasteiger partial charge in [-0.15, -0.1) is 0 Å². The lowest BCUT2D eigenvalue weighted by atomic mass is 10.2.